The van der Waals surface area contributed by atoms with Crippen molar-refractivity contribution in [3.63, 3.8) is 0 Å². The second-order valence-corrected chi connectivity index (χ2v) is 9.31. The first kappa shape index (κ1) is 21.5. The quantitative estimate of drug-likeness (QED) is 0.710. The first-order valence-corrected chi connectivity index (χ1v) is 11.9. The molecular weight excluding hydrogens is 414 g/mol. The van der Waals surface area contributed by atoms with Crippen LogP contribution in [0, 0.1) is 5.92 Å². The number of thiazole rings is 1. The van der Waals surface area contributed by atoms with Gasteiger partial charge in [-0.2, -0.15) is 0 Å². The second kappa shape index (κ2) is 9.64. The van der Waals surface area contributed by atoms with Crippen molar-refractivity contribution in [3.05, 3.63) is 40.1 Å². The van der Waals surface area contributed by atoms with Crippen LogP contribution in [-0.2, 0) is 11.8 Å². The van der Waals surface area contributed by atoms with Gasteiger partial charge >= 0.3 is 0 Å². The van der Waals surface area contributed by atoms with Crippen molar-refractivity contribution in [2.45, 2.75) is 50.9 Å². The predicted molar refractivity (Wildman–Crippen MR) is 118 cm³/mol. The first-order valence-electron chi connectivity index (χ1n) is 11.0. The molecule has 0 radical (unpaired) electrons. The van der Waals surface area contributed by atoms with Gasteiger partial charge in [0, 0.05) is 43.5 Å². The number of hydrazine groups is 1. The lowest BCUT2D eigenvalue weighted by atomic mass is 9.87. The minimum Gasteiger partial charge on any atom is -0.347 e. The third-order valence-electron chi connectivity index (χ3n) is 6.33. The Labute approximate surface area is 186 Å². The molecule has 31 heavy (non-hydrogen) atoms. The zero-order chi connectivity index (χ0) is 21.8. The summed E-state index contributed by atoms with van der Waals surface area (Å²) in [4.78, 5) is 43.8. The van der Waals surface area contributed by atoms with Gasteiger partial charge in [-0.05, 0) is 37.8 Å². The molecule has 3 amide bonds. The van der Waals surface area contributed by atoms with Crippen molar-refractivity contribution >= 4 is 29.1 Å². The first-order chi connectivity index (χ1) is 15.0. The molecule has 2 aromatic heterocycles. The summed E-state index contributed by atoms with van der Waals surface area (Å²) in [6.45, 7) is 1.52. The van der Waals surface area contributed by atoms with E-state index in [1.165, 1.54) is 30.6 Å². The molecule has 0 spiro atoms. The molecular formula is C22H29N5O3S. The fourth-order valence-corrected chi connectivity index (χ4v) is 5.44. The summed E-state index contributed by atoms with van der Waals surface area (Å²) >= 11 is 1.46. The largest absolute Gasteiger partial charge is 0.347 e. The van der Waals surface area contributed by atoms with E-state index in [1.807, 2.05) is 4.90 Å². The van der Waals surface area contributed by atoms with Gasteiger partial charge in [-0.1, -0.05) is 19.3 Å². The molecule has 0 aromatic carbocycles. The summed E-state index contributed by atoms with van der Waals surface area (Å²) in [7, 11) is 1.76. The lowest BCUT2D eigenvalue weighted by Crippen LogP contribution is -2.42. The Balaban J connectivity index is 1.27. The Bertz CT molecular complexity index is 939. The molecule has 0 bridgehead atoms. The van der Waals surface area contributed by atoms with Crippen LogP contribution in [0.5, 0.6) is 0 Å². The molecule has 1 saturated carbocycles. The molecule has 0 unspecified atom stereocenters. The van der Waals surface area contributed by atoms with Crippen LogP contribution >= 0.6 is 11.3 Å². The van der Waals surface area contributed by atoms with Crippen LogP contribution in [-0.4, -0.2) is 45.3 Å². The van der Waals surface area contributed by atoms with Gasteiger partial charge in [0.15, 0.2) is 0 Å². The number of nitrogens with one attached hydrogen (secondary N) is 2. The third kappa shape index (κ3) is 4.98. The summed E-state index contributed by atoms with van der Waals surface area (Å²) in [5, 5.41) is 2.64. The normalized spacial score (nSPS) is 18.0. The van der Waals surface area contributed by atoms with Crippen molar-refractivity contribution in [2.24, 2.45) is 13.0 Å². The highest BCUT2D eigenvalue weighted by Crippen LogP contribution is 2.32. The Kier molecular flexibility index (Phi) is 6.70. The fourth-order valence-electron chi connectivity index (χ4n) is 4.47. The van der Waals surface area contributed by atoms with Gasteiger partial charge in [0.25, 0.3) is 11.8 Å². The topological polar surface area (TPSA) is 96.3 Å². The predicted octanol–water partition coefficient (Wildman–Crippen LogP) is 2.84. The zero-order valence-electron chi connectivity index (χ0n) is 17.8. The Morgan fingerprint density at radius 3 is 2.42 bits per heavy atom. The monoisotopic (exact) mass is 443 g/mol. The van der Waals surface area contributed by atoms with E-state index in [1.54, 1.807) is 35.3 Å². The van der Waals surface area contributed by atoms with Gasteiger partial charge < -0.3 is 9.47 Å². The number of likely N-dealkylation sites (tertiary alicyclic amines) is 1. The number of amides is 3. The molecule has 2 N–H and O–H groups in total. The molecule has 2 aromatic rings. The highest BCUT2D eigenvalue weighted by molar-refractivity contribution is 7.09. The minimum absolute atomic E-state index is 0.214. The zero-order valence-corrected chi connectivity index (χ0v) is 18.6. The highest BCUT2D eigenvalue weighted by atomic mass is 32.1. The molecule has 1 aliphatic heterocycles. The molecule has 2 aliphatic rings. The third-order valence-corrected chi connectivity index (χ3v) is 7.34. The number of hydrogen-bond acceptors (Lipinski definition) is 5. The smallest absolute Gasteiger partial charge is 0.289 e. The number of aromatic nitrogens is 2. The summed E-state index contributed by atoms with van der Waals surface area (Å²) in [6, 6.07) is 3.44. The second-order valence-electron chi connectivity index (χ2n) is 8.42. The van der Waals surface area contributed by atoms with E-state index in [4.69, 9.17) is 0 Å². The average Bonchev–Trinajstić information content (AvgIpc) is 3.47. The van der Waals surface area contributed by atoms with E-state index >= 15 is 0 Å². The molecule has 0 atom stereocenters. The van der Waals surface area contributed by atoms with Gasteiger partial charge in [-0.15, -0.1) is 11.3 Å². The maximum absolute atomic E-state index is 12.7. The van der Waals surface area contributed by atoms with Crippen LogP contribution in [0.3, 0.4) is 0 Å². The molecule has 1 aliphatic carbocycles. The molecule has 8 nitrogen and oxygen atoms in total. The number of carbonyl (C=O) groups is 3. The van der Waals surface area contributed by atoms with Crippen molar-refractivity contribution in [2.75, 3.05) is 13.1 Å². The van der Waals surface area contributed by atoms with E-state index in [9.17, 15) is 14.4 Å². The summed E-state index contributed by atoms with van der Waals surface area (Å²) in [6.07, 6.45) is 9.16. The van der Waals surface area contributed by atoms with Gasteiger partial charge in [0.2, 0.25) is 5.91 Å². The molecule has 3 heterocycles. The Morgan fingerprint density at radius 2 is 1.74 bits per heavy atom. The van der Waals surface area contributed by atoms with Crippen LogP contribution in [0.1, 0.15) is 76.8 Å². The van der Waals surface area contributed by atoms with Gasteiger partial charge in [0.1, 0.15) is 11.4 Å². The summed E-state index contributed by atoms with van der Waals surface area (Å²) in [5.41, 5.74) is 5.60. The Morgan fingerprint density at radius 1 is 1.03 bits per heavy atom. The number of hydrogen-bond donors (Lipinski definition) is 2. The number of rotatable bonds is 4. The number of aryl methyl sites for hydroxylation is 1. The van der Waals surface area contributed by atoms with Crippen molar-refractivity contribution in [3.8, 4) is 0 Å². The fraction of sp³-hybridized carbons (Fsp3) is 0.545. The average molecular weight is 444 g/mol. The van der Waals surface area contributed by atoms with E-state index in [-0.39, 0.29) is 17.7 Å². The number of carbonyl (C=O) groups excluding carboxylic acids is 3. The van der Waals surface area contributed by atoms with Crippen molar-refractivity contribution in [1.29, 1.82) is 0 Å². The molecule has 166 valence electrons. The molecule has 4 rings (SSSR count). The van der Waals surface area contributed by atoms with Gasteiger partial charge in [-0.25, -0.2) is 4.98 Å². The lowest BCUT2D eigenvalue weighted by Gasteiger charge is -2.34. The van der Waals surface area contributed by atoms with E-state index < -0.39 is 5.91 Å². The van der Waals surface area contributed by atoms with Gasteiger partial charge in [-0.3, -0.25) is 25.2 Å². The maximum Gasteiger partial charge on any atom is 0.289 e. The van der Waals surface area contributed by atoms with Crippen LogP contribution in [0.4, 0.5) is 0 Å². The Hall–Kier alpha value is -2.68. The summed E-state index contributed by atoms with van der Waals surface area (Å²) in [5.74, 6) is -0.0150. The van der Waals surface area contributed by atoms with Crippen molar-refractivity contribution < 1.29 is 14.4 Å². The SMILES string of the molecule is Cn1cccc1C(=O)NNC(=O)c1csc(C2CCN(C(=O)C3CCCCC3)CC2)n1. The highest BCUT2D eigenvalue weighted by Gasteiger charge is 2.30. The van der Waals surface area contributed by atoms with Crippen LogP contribution in [0.2, 0.25) is 0 Å². The summed E-state index contributed by atoms with van der Waals surface area (Å²) < 4.78 is 1.67. The molecule has 1 saturated heterocycles. The van der Waals surface area contributed by atoms with Crippen LogP contribution < -0.4 is 10.9 Å². The van der Waals surface area contributed by atoms with Crippen molar-refractivity contribution in [1.82, 2.24) is 25.3 Å². The molecule has 9 heteroatoms. The van der Waals surface area contributed by atoms with E-state index in [0.29, 0.717) is 17.3 Å². The number of piperidine rings is 1. The standard InChI is InChI=1S/C22H29N5O3S/c1-26-11-5-8-18(26)20(29)25-24-19(28)17-14-31-21(23-17)15-9-12-27(13-10-15)22(30)16-6-3-2-4-7-16/h5,8,11,14-16H,2-4,6-7,9-10,12-13H2,1H3,(H,24,28)(H,25,29). The van der Waals surface area contributed by atoms with E-state index in [2.05, 4.69) is 15.8 Å². The van der Waals surface area contributed by atoms with Gasteiger partial charge in [0.05, 0.1) is 5.01 Å². The maximum atomic E-state index is 12.7. The van der Waals surface area contributed by atoms with Crippen LogP contribution in [0.25, 0.3) is 0 Å². The molecule has 2 fully saturated rings. The minimum atomic E-state index is -0.435. The number of nitrogens with zero attached hydrogens (tertiary/aromatic N) is 3. The van der Waals surface area contributed by atoms with Crippen LogP contribution in [0.15, 0.2) is 23.7 Å². The lowest BCUT2D eigenvalue weighted by molar-refractivity contribution is -0.137. The van der Waals surface area contributed by atoms with E-state index in [0.717, 1.165) is 43.8 Å².